The third kappa shape index (κ3) is 6.90. The van der Waals surface area contributed by atoms with Crippen molar-refractivity contribution in [3.8, 4) is 11.5 Å². The van der Waals surface area contributed by atoms with Gasteiger partial charge in [-0.3, -0.25) is 4.72 Å². The molecule has 4 N–H and O–H groups in total. The molecule has 0 saturated heterocycles. The van der Waals surface area contributed by atoms with Gasteiger partial charge in [0.1, 0.15) is 24.2 Å². The number of hydrogen-bond acceptors (Lipinski definition) is 6. The highest BCUT2D eigenvalue weighted by Crippen LogP contribution is 2.26. The van der Waals surface area contributed by atoms with Crippen molar-refractivity contribution in [2.24, 2.45) is 0 Å². The molecule has 0 aromatic heterocycles. The van der Waals surface area contributed by atoms with Crippen molar-refractivity contribution in [3.63, 3.8) is 0 Å². The molecule has 164 valence electrons. The topological polar surface area (TPSA) is 108 Å². The predicted octanol–water partition coefficient (Wildman–Crippen LogP) is 2.65. The van der Waals surface area contributed by atoms with E-state index in [0.717, 1.165) is 37.7 Å². The van der Waals surface area contributed by atoms with E-state index in [4.69, 9.17) is 4.74 Å². The van der Waals surface area contributed by atoms with Gasteiger partial charge < -0.3 is 20.3 Å². The first-order valence-electron chi connectivity index (χ1n) is 10.3. The second-order valence-corrected chi connectivity index (χ2v) is 9.62. The van der Waals surface area contributed by atoms with Crippen molar-refractivity contribution in [2.45, 2.75) is 43.5 Å². The molecule has 0 radical (unpaired) electrons. The van der Waals surface area contributed by atoms with Crippen LogP contribution in [0.1, 0.15) is 31.2 Å². The van der Waals surface area contributed by atoms with Crippen LogP contribution in [-0.2, 0) is 16.4 Å². The van der Waals surface area contributed by atoms with E-state index in [1.165, 1.54) is 12.1 Å². The average molecular weight is 435 g/mol. The van der Waals surface area contributed by atoms with Gasteiger partial charge in [0, 0.05) is 12.2 Å². The highest BCUT2D eigenvalue weighted by Gasteiger charge is 2.28. The van der Waals surface area contributed by atoms with Gasteiger partial charge in [0.2, 0.25) is 10.0 Å². The lowest BCUT2D eigenvalue weighted by molar-refractivity contribution is 0.106. The van der Waals surface area contributed by atoms with E-state index in [1.54, 1.807) is 24.3 Å². The summed E-state index contributed by atoms with van der Waals surface area (Å²) in [5.74, 6) is 0.763. The van der Waals surface area contributed by atoms with Crippen molar-refractivity contribution in [1.82, 2.24) is 5.32 Å². The molecule has 0 amide bonds. The first-order chi connectivity index (χ1) is 14.4. The number of phenols is 1. The minimum atomic E-state index is -3.30. The zero-order chi connectivity index (χ0) is 21.4. The van der Waals surface area contributed by atoms with Crippen LogP contribution in [0.4, 0.5) is 5.69 Å². The fourth-order valence-corrected chi connectivity index (χ4v) is 5.07. The monoisotopic (exact) mass is 434 g/mol. The molecule has 1 aliphatic rings. The maximum atomic E-state index is 12.4. The Labute approximate surface area is 178 Å². The third-order valence-electron chi connectivity index (χ3n) is 5.20. The van der Waals surface area contributed by atoms with Gasteiger partial charge in [-0.25, -0.2) is 8.42 Å². The van der Waals surface area contributed by atoms with Crippen LogP contribution < -0.4 is 14.8 Å². The summed E-state index contributed by atoms with van der Waals surface area (Å²) >= 11 is 0. The van der Waals surface area contributed by atoms with E-state index in [1.807, 2.05) is 12.1 Å². The number of sulfonamides is 1. The number of aliphatic hydroxyl groups is 1. The number of phenolic OH excluding ortho intramolecular Hbond substituents is 1. The van der Waals surface area contributed by atoms with Gasteiger partial charge in [0.25, 0.3) is 0 Å². The van der Waals surface area contributed by atoms with Crippen LogP contribution in [0, 0.1) is 0 Å². The van der Waals surface area contributed by atoms with Gasteiger partial charge in [-0.05, 0) is 67.8 Å². The van der Waals surface area contributed by atoms with Crippen LogP contribution in [0.5, 0.6) is 11.5 Å². The van der Waals surface area contributed by atoms with Crippen molar-refractivity contribution < 1.29 is 23.4 Å². The summed E-state index contributed by atoms with van der Waals surface area (Å²) in [4.78, 5) is 0. The molecule has 1 saturated carbocycles. The summed E-state index contributed by atoms with van der Waals surface area (Å²) in [6.45, 7) is 1.24. The Hall–Kier alpha value is -2.29. The van der Waals surface area contributed by atoms with Crippen LogP contribution in [0.2, 0.25) is 0 Å². The summed E-state index contributed by atoms with van der Waals surface area (Å²) in [7, 11) is -3.30. The molecular formula is C22H30N2O5S. The standard InChI is InChI=1S/C22H30N2O5S/c25-19-9-11-21(12-10-19)29-16-20(26)15-23-14-13-17-5-7-18(8-6-17)24-30(27,28)22-3-1-2-4-22/h5-12,20,22-26H,1-4,13-16H2/t20-/m0/s1. The molecule has 2 aromatic rings. The van der Waals surface area contributed by atoms with E-state index in [-0.39, 0.29) is 17.6 Å². The zero-order valence-electron chi connectivity index (χ0n) is 17.0. The minimum absolute atomic E-state index is 0.160. The van der Waals surface area contributed by atoms with Gasteiger partial charge in [-0.15, -0.1) is 0 Å². The Kier molecular flexibility index (Phi) is 7.95. The number of aliphatic hydroxyl groups excluding tert-OH is 1. The Morgan fingerprint density at radius 3 is 2.37 bits per heavy atom. The SMILES string of the molecule is O=S(=O)(Nc1ccc(CCNC[C@H](O)COc2ccc(O)cc2)cc1)C1CCCC1. The van der Waals surface area contributed by atoms with Crippen LogP contribution in [0.15, 0.2) is 48.5 Å². The highest BCUT2D eigenvalue weighted by atomic mass is 32.2. The first-order valence-corrected chi connectivity index (χ1v) is 11.9. The van der Waals surface area contributed by atoms with Crippen LogP contribution in [0.3, 0.4) is 0 Å². The van der Waals surface area contributed by atoms with Gasteiger partial charge >= 0.3 is 0 Å². The molecule has 1 fully saturated rings. The van der Waals surface area contributed by atoms with Gasteiger partial charge in [-0.1, -0.05) is 25.0 Å². The molecule has 0 unspecified atom stereocenters. The third-order valence-corrected chi connectivity index (χ3v) is 7.07. The van der Waals surface area contributed by atoms with E-state index >= 15 is 0 Å². The normalized spacial score (nSPS) is 15.8. The molecular weight excluding hydrogens is 404 g/mol. The van der Waals surface area contributed by atoms with Crippen molar-refractivity contribution in [3.05, 3.63) is 54.1 Å². The second-order valence-electron chi connectivity index (χ2n) is 7.66. The highest BCUT2D eigenvalue weighted by molar-refractivity contribution is 7.93. The smallest absolute Gasteiger partial charge is 0.235 e. The Balaban J connectivity index is 1.34. The fourth-order valence-electron chi connectivity index (χ4n) is 3.48. The van der Waals surface area contributed by atoms with E-state index in [2.05, 4.69) is 10.0 Å². The number of aromatic hydroxyl groups is 1. The van der Waals surface area contributed by atoms with Crippen molar-refractivity contribution in [2.75, 3.05) is 24.4 Å². The zero-order valence-corrected chi connectivity index (χ0v) is 17.8. The number of benzene rings is 2. The first kappa shape index (κ1) is 22.4. The average Bonchev–Trinajstić information content (AvgIpc) is 3.28. The fraction of sp³-hybridized carbons (Fsp3) is 0.455. The van der Waals surface area contributed by atoms with Gasteiger partial charge in [0.05, 0.1) is 5.25 Å². The van der Waals surface area contributed by atoms with E-state index in [9.17, 15) is 18.6 Å². The summed E-state index contributed by atoms with van der Waals surface area (Å²) in [5.41, 5.74) is 1.68. The van der Waals surface area contributed by atoms with Gasteiger partial charge in [0.15, 0.2) is 0 Å². The Morgan fingerprint density at radius 1 is 1.03 bits per heavy atom. The van der Waals surface area contributed by atoms with Crippen molar-refractivity contribution >= 4 is 15.7 Å². The number of nitrogens with one attached hydrogen (secondary N) is 2. The second kappa shape index (κ2) is 10.7. The molecule has 0 heterocycles. The van der Waals surface area contributed by atoms with Crippen LogP contribution >= 0.6 is 0 Å². The number of ether oxygens (including phenoxy) is 1. The van der Waals surface area contributed by atoms with Crippen LogP contribution in [-0.4, -0.2) is 49.7 Å². The molecule has 2 aromatic carbocycles. The van der Waals surface area contributed by atoms with Gasteiger partial charge in [-0.2, -0.15) is 0 Å². The Bertz CT molecular complexity index is 879. The quantitative estimate of drug-likeness (QED) is 0.405. The van der Waals surface area contributed by atoms with E-state index < -0.39 is 16.1 Å². The Morgan fingerprint density at radius 2 is 1.70 bits per heavy atom. The summed E-state index contributed by atoms with van der Waals surface area (Å²) in [5, 5.41) is 22.1. The summed E-state index contributed by atoms with van der Waals surface area (Å²) < 4.78 is 32.9. The summed E-state index contributed by atoms with van der Waals surface area (Å²) in [6, 6.07) is 13.8. The number of rotatable bonds is 11. The van der Waals surface area contributed by atoms with Crippen molar-refractivity contribution in [1.29, 1.82) is 0 Å². The maximum Gasteiger partial charge on any atom is 0.235 e. The molecule has 30 heavy (non-hydrogen) atoms. The molecule has 3 rings (SSSR count). The lowest BCUT2D eigenvalue weighted by atomic mass is 10.1. The molecule has 1 atom stereocenters. The maximum absolute atomic E-state index is 12.4. The van der Waals surface area contributed by atoms with E-state index in [0.29, 0.717) is 24.5 Å². The predicted molar refractivity (Wildman–Crippen MR) is 117 cm³/mol. The lowest BCUT2D eigenvalue weighted by Crippen LogP contribution is -2.32. The number of hydrogen-bond donors (Lipinski definition) is 4. The molecule has 8 heteroatoms. The number of anilines is 1. The molecule has 7 nitrogen and oxygen atoms in total. The van der Waals surface area contributed by atoms with Crippen LogP contribution in [0.25, 0.3) is 0 Å². The molecule has 0 aliphatic heterocycles. The molecule has 0 spiro atoms. The molecule has 0 bridgehead atoms. The lowest BCUT2D eigenvalue weighted by Gasteiger charge is -2.14. The molecule has 1 aliphatic carbocycles. The summed E-state index contributed by atoms with van der Waals surface area (Å²) in [6.07, 6.45) is 3.56. The minimum Gasteiger partial charge on any atom is -0.508 e. The largest absolute Gasteiger partial charge is 0.508 e.